The quantitative estimate of drug-likeness (QED) is 0.710. The van der Waals surface area contributed by atoms with E-state index in [1.807, 2.05) is 0 Å². The second-order valence-electron chi connectivity index (χ2n) is 7.67. The van der Waals surface area contributed by atoms with Crippen molar-refractivity contribution in [1.82, 2.24) is 4.31 Å². The van der Waals surface area contributed by atoms with Crippen LogP contribution in [0.2, 0.25) is 0 Å². The molecule has 0 saturated carbocycles. The van der Waals surface area contributed by atoms with E-state index < -0.39 is 25.9 Å². The monoisotopic (exact) mass is 428 g/mol. The minimum Gasteiger partial charge on any atom is -0.495 e. The first-order valence-corrected chi connectivity index (χ1v) is 12.7. The number of hydrogen-bond acceptors (Lipinski definition) is 6. The lowest BCUT2D eigenvalue weighted by Gasteiger charge is -2.28. The van der Waals surface area contributed by atoms with E-state index in [1.54, 1.807) is 0 Å². The lowest BCUT2D eigenvalue weighted by Crippen LogP contribution is -2.37. The predicted octanol–water partition coefficient (Wildman–Crippen LogP) is 1.02. The van der Waals surface area contributed by atoms with E-state index in [0.717, 1.165) is 19.3 Å². The Labute approximate surface area is 165 Å². The average molecular weight is 429 g/mol. The van der Waals surface area contributed by atoms with Gasteiger partial charge in [-0.3, -0.25) is 4.79 Å². The molecule has 1 amide bonds. The lowest BCUT2D eigenvalue weighted by molar-refractivity contribution is -0.117. The third-order valence-corrected chi connectivity index (χ3v) is 9.52. The summed E-state index contributed by atoms with van der Waals surface area (Å²) in [6, 6.07) is 4.00. The lowest BCUT2D eigenvalue weighted by atomic mass is 10.0. The second-order valence-corrected chi connectivity index (χ2v) is 11.8. The normalized spacial score (nSPS) is 27.8. The molecule has 8 nitrogen and oxygen atoms in total. The van der Waals surface area contributed by atoms with Crippen molar-refractivity contribution in [2.75, 3.05) is 36.6 Å². The maximum atomic E-state index is 13.1. The van der Waals surface area contributed by atoms with Crippen LogP contribution in [-0.4, -0.2) is 64.8 Å². The van der Waals surface area contributed by atoms with Crippen molar-refractivity contribution in [2.45, 2.75) is 36.6 Å². The number of piperidine rings is 1. The Morgan fingerprint density at radius 2 is 1.82 bits per heavy atom. The van der Waals surface area contributed by atoms with E-state index in [9.17, 15) is 21.6 Å². The Morgan fingerprint density at radius 1 is 1.11 bits per heavy atom. The number of ether oxygens (including phenoxy) is 1. The summed E-state index contributed by atoms with van der Waals surface area (Å²) in [7, 11) is -5.44. The number of sulfone groups is 1. The number of sulfonamides is 1. The fourth-order valence-corrected chi connectivity index (χ4v) is 8.08. The van der Waals surface area contributed by atoms with Crippen LogP contribution in [0, 0.1) is 5.92 Å². The van der Waals surface area contributed by atoms with Gasteiger partial charge >= 0.3 is 0 Å². The molecule has 0 radical (unpaired) electrons. The standard InChI is InChI=1S/C18H24N2O6S2/c1-26-17-6-5-14(28(24,25)19-7-3-2-4-8-19)10-15(17)20-16-12-27(22,23)11-13(16)9-18(20)21/h5-6,10,13,16H,2-4,7-9,11-12H2,1H3/t13-,16-/m0/s1. The van der Waals surface area contributed by atoms with Crippen LogP contribution in [0.15, 0.2) is 23.1 Å². The van der Waals surface area contributed by atoms with Crippen molar-refractivity contribution in [2.24, 2.45) is 5.92 Å². The smallest absolute Gasteiger partial charge is 0.243 e. The van der Waals surface area contributed by atoms with Crippen LogP contribution in [0.5, 0.6) is 5.75 Å². The highest BCUT2D eigenvalue weighted by Crippen LogP contribution is 2.42. The summed E-state index contributed by atoms with van der Waals surface area (Å²) in [6.45, 7) is 0.963. The number of carbonyl (C=O) groups is 1. The molecule has 0 unspecified atom stereocenters. The molecule has 3 saturated heterocycles. The first-order valence-electron chi connectivity index (χ1n) is 9.43. The molecule has 0 bridgehead atoms. The van der Waals surface area contributed by atoms with Crippen molar-refractivity contribution in [3.05, 3.63) is 18.2 Å². The molecule has 4 rings (SSSR count). The zero-order valence-electron chi connectivity index (χ0n) is 15.7. The maximum absolute atomic E-state index is 13.1. The van der Waals surface area contributed by atoms with Crippen molar-refractivity contribution >= 4 is 31.5 Å². The van der Waals surface area contributed by atoms with E-state index in [-0.39, 0.29) is 34.6 Å². The number of fused-ring (bicyclic) bond motifs is 1. The molecule has 1 aromatic carbocycles. The number of amides is 1. The number of anilines is 1. The minimum absolute atomic E-state index is 0.00596. The van der Waals surface area contributed by atoms with E-state index in [2.05, 4.69) is 0 Å². The molecule has 2 atom stereocenters. The third-order valence-electron chi connectivity index (χ3n) is 5.84. The van der Waals surface area contributed by atoms with Crippen LogP contribution in [0.3, 0.4) is 0 Å². The third kappa shape index (κ3) is 3.31. The molecule has 0 N–H and O–H groups in total. The summed E-state index contributed by atoms with van der Waals surface area (Å²) in [5.41, 5.74) is 0.329. The van der Waals surface area contributed by atoms with Gasteiger partial charge in [0.2, 0.25) is 15.9 Å². The highest BCUT2D eigenvalue weighted by atomic mass is 32.2. The summed E-state index contributed by atoms with van der Waals surface area (Å²) < 4.78 is 57.0. The van der Waals surface area contributed by atoms with Gasteiger partial charge < -0.3 is 9.64 Å². The number of carbonyl (C=O) groups excluding carboxylic acids is 1. The number of nitrogens with zero attached hydrogens (tertiary/aromatic N) is 2. The Morgan fingerprint density at radius 3 is 2.50 bits per heavy atom. The molecule has 0 spiro atoms. The molecule has 3 aliphatic heterocycles. The molecule has 3 heterocycles. The molecular formula is C18H24N2O6S2. The number of hydrogen-bond donors (Lipinski definition) is 0. The van der Waals surface area contributed by atoms with Gasteiger partial charge in [-0.25, -0.2) is 16.8 Å². The molecule has 3 fully saturated rings. The van der Waals surface area contributed by atoms with Gasteiger partial charge in [0.15, 0.2) is 9.84 Å². The molecular weight excluding hydrogens is 404 g/mol. The largest absolute Gasteiger partial charge is 0.495 e. The zero-order valence-corrected chi connectivity index (χ0v) is 17.3. The van der Waals surface area contributed by atoms with E-state index in [1.165, 1.54) is 34.5 Å². The van der Waals surface area contributed by atoms with Gasteiger partial charge in [-0.15, -0.1) is 0 Å². The number of methoxy groups -OCH3 is 1. The molecule has 10 heteroatoms. The fourth-order valence-electron chi connectivity index (χ4n) is 4.48. The van der Waals surface area contributed by atoms with E-state index in [4.69, 9.17) is 4.74 Å². The van der Waals surface area contributed by atoms with Crippen LogP contribution in [-0.2, 0) is 24.7 Å². The van der Waals surface area contributed by atoms with Crippen molar-refractivity contribution in [3.8, 4) is 5.75 Å². The van der Waals surface area contributed by atoms with Crippen molar-refractivity contribution in [1.29, 1.82) is 0 Å². The van der Waals surface area contributed by atoms with Gasteiger partial charge in [-0.1, -0.05) is 6.42 Å². The summed E-state index contributed by atoms with van der Waals surface area (Å²) >= 11 is 0. The second kappa shape index (κ2) is 7.00. The van der Waals surface area contributed by atoms with Gasteiger partial charge in [0.1, 0.15) is 5.75 Å². The van der Waals surface area contributed by atoms with E-state index >= 15 is 0 Å². The van der Waals surface area contributed by atoms with Crippen LogP contribution >= 0.6 is 0 Å². The number of benzene rings is 1. The topological polar surface area (TPSA) is 101 Å². The summed E-state index contributed by atoms with van der Waals surface area (Å²) in [5.74, 6) is -0.208. The Hall–Kier alpha value is -1.65. The van der Waals surface area contributed by atoms with Gasteiger partial charge in [-0.2, -0.15) is 4.31 Å². The number of rotatable bonds is 4. The molecule has 1 aromatic rings. The van der Waals surface area contributed by atoms with Crippen LogP contribution in [0.4, 0.5) is 5.69 Å². The highest BCUT2D eigenvalue weighted by Gasteiger charge is 2.50. The fraction of sp³-hybridized carbons (Fsp3) is 0.611. The van der Waals surface area contributed by atoms with Gasteiger partial charge in [0.05, 0.1) is 35.2 Å². The molecule has 154 valence electrons. The maximum Gasteiger partial charge on any atom is 0.243 e. The predicted molar refractivity (Wildman–Crippen MR) is 104 cm³/mol. The molecule has 3 aliphatic rings. The molecule has 0 aromatic heterocycles. The van der Waals surface area contributed by atoms with Gasteiger partial charge in [0, 0.05) is 25.4 Å². The first-order chi connectivity index (χ1) is 13.2. The Kier molecular flexibility index (Phi) is 4.91. The first kappa shape index (κ1) is 19.7. The van der Waals surface area contributed by atoms with Gasteiger partial charge in [-0.05, 0) is 31.0 Å². The van der Waals surface area contributed by atoms with Crippen LogP contribution < -0.4 is 9.64 Å². The Bertz CT molecular complexity index is 999. The highest BCUT2D eigenvalue weighted by molar-refractivity contribution is 7.91. The van der Waals surface area contributed by atoms with Crippen molar-refractivity contribution < 1.29 is 26.4 Å². The summed E-state index contributed by atoms with van der Waals surface area (Å²) in [4.78, 5) is 14.2. The van der Waals surface area contributed by atoms with Crippen LogP contribution in [0.25, 0.3) is 0 Å². The average Bonchev–Trinajstić information content (AvgIpc) is 3.11. The SMILES string of the molecule is COc1ccc(S(=O)(=O)N2CCCCC2)cc1N1C(=O)C[C@H]2CS(=O)(=O)C[C@@H]21. The zero-order chi connectivity index (χ0) is 20.1. The minimum atomic E-state index is -3.68. The van der Waals surface area contributed by atoms with Crippen LogP contribution in [0.1, 0.15) is 25.7 Å². The van der Waals surface area contributed by atoms with E-state index in [0.29, 0.717) is 24.5 Å². The molecule has 28 heavy (non-hydrogen) atoms. The van der Waals surface area contributed by atoms with Gasteiger partial charge in [0.25, 0.3) is 0 Å². The molecule has 0 aliphatic carbocycles. The summed E-state index contributed by atoms with van der Waals surface area (Å²) in [5, 5.41) is 0. The Balaban J connectivity index is 1.75. The van der Waals surface area contributed by atoms with Crippen molar-refractivity contribution in [3.63, 3.8) is 0 Å². The summed E-state index contributed by atoms with van der Waals surface area (Å²) in [6.07, 6.45) is 2.82.